The highest BCUT2D eigenvalue weighted by molar-refractivity contribution is 7.98. The van der Waals surface area contributed by atoms with E-state index in [-0.39, 0.29) is 0 Å². The number of benzene rings is 1. The molecule has 0 radical (unpaired) electrons. The minimum absolute atomic E-state index is 0.449. The molecule has 3 rings (SSSR count). The molecule has 0 bridgehead atoms. The van der Waals surface area contributed by atoms with Crippen molar-refractivity contribution < 1.29 is 9.26 Å². The van der Waals surface area contributed by atoms with Crippen LogP contribution in [0.4, 0.5) is 5.82 Å². The minimum atomic E-state index is 0.449. The molecule has 3 aromatic rings. The van der Waals surface area contributed by atoms with Crippen molar-refractivity contribution in [2.75, 3.05) is 12.8 Å². The highest BCUT2D eigenvalue weighted by Crippen LogP contribution is 2.23. The summed E-state index contributed by atoms with van der Waals surface area (Å²) >= 11 is 1.40. The Morgan fingerprint density at radius 2 is 1.96 bits per heavy atom. The zero-order valence-corrected chi connectivity index (χ0v) is 13.5. The molecule has 0 saturated carbocycles. The number of hydrogen-bond acceptors (Lipinski definition) is 8. The van der Waals surface area contributed by atoms with Crippen LogP contribution in [0, 0.1) is 6.92 Å². The molecule has 0 aliphatic heterocycles. The molecule has 0 aliphatic carbocycles. The first kappa shape index (κ1) is 15.3. The van der Waals surface area contributed by atoms with Gasteiger partial charge in [-0.15, -0.1) is 0 Å². The number of nitrogens with zero attached hydrogens (tertiary/aromatic N) is 4. The first-order valence-corrected chi connectivity index (χ1v) is 7.83. The van der Waals surface area contributed by atoms with Crippen molar-refractivity contribution in [3.8, 4) is 17.1 Å². The fourth-order valence-electron chi connectivity index (χ4n) is 1.93. The van der Waals surface area contributed by atoms with E-state index in [9.17, 15) is 0 Å². The van der Waals surface area contributed by atoms with Gasteiger partial charge in [-0.3, -0.25) is 0 Å². The molecule has 0 atom stereocenters. The molecule has 0 saturated heterocycles. The van der Waals surface area contributed by atoms with Gasteiger partial charge in [0.05, 0.1) is 12.9 Å². The summed E-state index contributed by atoms with van der Waals surface area (Å²) in [5.41, 5.74) is 7.39. The maximum Gasteiger partial charge on any atom is 0.237 e. The Morgan fingerprint density at radius 3 is 2.65 bits per heavy atom. The van der Waals surface area contributed by atoms with Crippen molar-refractivity contribution in [1.29, 1.82) is 0 Å². The molecule has 2 aromatic heterocycles. The molecule has 0 amide bonds. The quantitative estimate of drug-likeness (QED) is 0.563. The fourth-order valence-corrected chi connectivity index (χ4v) is 2.67. The summed E-state index contributed by atoms with van der Waals surface area (Å²) < 4.78 is 10.4. The Labute approximate surface area is 137 Å². The molecule has 0 aliphatic rings. The SMILES string of the molecule is COc1ccc(-c2noc(CSc3nc(C)cc(N)n3)n2)cc1. The van der Waals surface area contributed by atoms with E-state index < -0.39 is 0 Å². The lowest BCUT2D eigenvalue weighted by molar-refractivity contribution is 0.391. The largest absolute Gasteiger partial charge is 0.497 e. The molecule has 0 unspecified atom stereocenters. The molecule has 2 heterocycles. The van der Waals surface area contributed by atoms with Crippen LogP contribution in [0.2, 0.25) is 0 Å². The highest BCUT2D eigenvalue weighted by atomic mass is 32.2. The molecule has 23 heavy (non-hydrogen) atoms. The van der Waals surface area contributed by atoms with E-state index in [0.29, 0.717) is 28.4 Å². The second kappa shape index (κ2) is 6.66. The summed E-state index contributed by atoms with van der Waals surface area (Å²) in [6.45, 7) is 1.87. The van der Waals surface area contributed by atoms with Gasteiger partial charge in [0.2, 0.25) is 11.7 Å². The van der Waals surface area contributed by atoms with Crippen molar-refractivity contribution in [2.45, 2.75) is 17.8 Å². The predicted molar refractivity (Wildman–Crippen MR) is 87.0 cm³/mol. The third-order valence-corrected chi connectivity index (χ3v) is 3.83. The number of anilines is 1. The number of nitrogens with two attached hydrogens (primary N) is 1. The Morgan fingerprint density at radius 1 is 1.17 bits per heavy atom. The zero-order valence-electron chi connectivity index (χ0n) is 12.7. The molecular formula is C15H15N5O2S. The number of thioether (sulfide) groups is 1. The van der Waals surface area contributed by atoms with Gasteiger partial charge in [-0.05, 0) is 31.2 Å². The van der Waals surface area contributed by atoms with Gasteiger partial charge in [0, 0.05) is 17.3 Å². The van der Waals surface area contributed by atoms with E-state index in [4.69, 9.17) is 15.0 Å². The van der Waals surface area contributed by atoms with Crippen LogP contribution in [-0.2, 0) is 5.75 Å². The first-order valence-electron chi connectivity index (χ1n) is 6.85. The maximum absolute atomic E-state index is 5.71. The average Bonchev–Trinajstić information content (AvgIpc) is 3.01. The number of methoxy groups -OCH3 is 1. The van der Waals surface area contributed by atoms with Gasteiger partial charge in [-0.25, -0.2) is 9.97 Å². The van der Waals surface area contributed by atoms with Crippen LogP contribution in [0.3, 0.4) is 0 Å². The molecule has 0 spiro atoms. The number of aryl methyl sites for hydroxylation is 1. The molecule has 1 aromatic carbocycles. The molecule has 8 heteroatoms. The van der Waals surface area contributed by atoms with Crippen molar-refractivity contribution in [2.24, 2.45) is 0 Å². The summed E-state index contributed by atoms with van der Waals surface area (Å²) in [4.78, 5) is 12.8. The Kier molecular flexibility index (Phi) is 4.42. The molecule has 118 valence electrons. The summed E-state index contributed by atoms with van der Waals surface area (Å²) in [5.74, 6) is 2.75. The van der Waals surface area contributed by atoms with E-state index in [1.165, 1.54) is 11.8 Å². The van der Waals surface area contributed by atoms with Crippen LogP contribution < -0.4 is 10.5 Å². The second-order valence-electron chi connectivity index (χ2n) is 4.75. The topological polar surface area (TPSA) is 100.0 Å². The lowest BCUT2D eigenvalue weighted by Crippen LogP contribution is -1.96. The normalized spacial score (nSPS) is 10.7. The highest BCUT2D eigenvalue weighted by Gasteiger charge is 2.10. The second-order valence-corrected chi connectivity index (χ2v) is 5.69. The van der Waals surface area contributed by atoms with Gasteiger partial charge < -0.3 is 15.0 Å². The fraction of sp³-hybridized carbons (Fsp3) is 0.200. The van der Waals surface area contributed by atoms with E-state index in [1.807, 2.05) is 31.2 Å². The third kappa shape index (κ3) is 3.78. The standard InChI is InChI=1S/C15H15N5O2S/c1-9-7-12(16)18-15(17-9)23-8-13-19-14(20-22-13)10-3-5-11(21-2)6-4-10/h3-7H,8H2,1-2H3,(H2,16,17,18). The minimum Gasteiger partial charge on any atom is -0.497 e. The smallest absolute Gasteiger partial charge is 0.237 e. The first-order chi connectivity index (χ1) is 11.1. The average molecular weight is 329 g/mol. The van der Waals surface area contributed by atoms with Crippen LogP contribution >= 0.6 is 11.8 Å². The van der Waals surface area contributed by atoms with Gasteiger partial charge in [-0.2, -0.15) is 4.98 Å². The van der Waals surface area contributed by atoms with Gasteiger partial charge in [-0.1, -0.05) is 16.9 Å². The van der Waals surface area contributed by atoms with Crippen molar-refractivity contribution in [3.63, 3.8) is 0 Å². The third-order valence-electron chi connectivity index (χ3n) is 2.99. The molecule has 7 nitrogen and oxygen atoms in total. The Hall–Kier alpha value is -2.61. The van der Waals surface area contributed by atoms with Crippen LogP contribution in [0.25, 0.3) is 11.4 Å². The lowest BCUT2D eigenvalue weighted by atomic mass is 10.2. The summed E-state index contributed by atoms with van der Waals surface area (Å²) in [7, 11) is 1.62. The lowest BCUT2D eigenvalue weighted by Gasteiger charge is -2.00. The Bertz CT molecular complexity index is 784. The van der Waals surface area contributed by atoms with Gasteiger partial charge in [0.25, 0.3) is 0 Å². The van der Waals surface area contributed by atoms with Gasteiger partial charge in [0.15, 0.2) is 5.16 Å². The molecule has 0 fully saturated rings. The van der Waals surface area contributed by atoms with Crippen molar-refractivity contribution in [3.05, 3.63) is 41.9 Å². The number of nitrogen functional groups attached to an aromatic ring is 1. The number of hydrogen-bond donors (Lipinski definition) is 1. The monoisotopic (exact) mass is 329 g/mol. The summed E-state index contributed by atoms with van der Waals surface area (Å²) in [5, 5.41) is 4.57. The number of rotatable bonds is 5. The van der Waals surface area contributed by atoms with Crippen molar-refractivity contribution in [1.82, 2.24) is 20.1 Å². The summed E-state index contributed by atoms with van der Waals surface area (Å²) in [6.07, 6.45) is 0. The predicted octanol–water partition coefficient (Wildman–Crippen LogP) is 2.72. The number of aromatic nitrogens is 4. The maximum atomic E-state index is 5.71. The molecule has 2 N–H and O–H groups in total. The van der Waals surface area contributed by atoms with E-state index in [0.717, 1.165) is 17.0 Å². The van der Waals surface area contributed by atoms with E-state index in [2.05, 4.69) is 20.1 Å². The zero-order chi connectivity index (χ0) is 16.2. The van der Waals surface area contributed by atoms with Crippen LogP contribution in [-0.4, -0.2) is 27.2 Å². The van der Waals surface area contributed by atoms with Crippen LogP contribution in [0.5, 0.6) is 5.75 Å². The van der Waals surface area contributed by atoms with Crippen molar-refractivity contribution >= 4 is 17.6 Å². The van der Waals surface area contributed by atoms with Gasteiger partial charge in [0.1, 0.15) is 11.6 Å². The van der Waals surface area contributed by atoms with Gasteiger partial charge >= 0.3 is 0 Å². The van der Waals surface area contributed by atoms with E-state index >= 15 is 0 Å². The van der Waals surface area contributed by atoms with E-state index in [1.54, 1.807) is 13.2 Å². The van der Waals surface area contributed by atoms with Crippen LogP contribution in [0.15, 0.2) is 40.0 Å². The summed E-state index contributed by atoms with van der Waals surface area (Å²) in [6, 6.07) is 9.18. The number of ether oxygens (including phenoxy) is 1. The molecular weight excluding hydrogens is 314 g/mol. The Balaban J connectivity index is 1.69. The van der Waals surface area contributed by atoms with Crippen LogP contribution in [0.1, 0.15) is 11.6 Å².